The van der Waals surface area contributed by atoms with Gasteiger partial charge in [-0.1, -0.05) is 37.3 Å². The van der Waals surface area contributed by atoms with Crippen molar-refractivity contribution in [2.75, 3.05) is 57.4 Å². The summed E-state index contributed by atoms with van der Waals surface area (Å²) in [4.78, 5) is 61.2. The number of piperazine rings is 1. The van der Waals surface area contributed by atoms with Gasteiger partial charge in [0.05, 0.1) is 6.67 Å². The number of carbonyl (C=O) groups is 4. The molecule has 0 atom stereocenters. The van der Waals surface area contributed by atoms with Crippen molar-refractivity contribution >= 4 is 29.3 Å². The zero-order chi connectivity index (χ0) is 27.6. The van der Waals surface area contributed by atoms with Gasteiger partial charge in [-0.25, -0.2) is 0 Å². The van der Waals surface area contributed by atoms with Gasteiger partial charge >= 0.3 is 0 Å². The molecule has 0 N–H and O–H groups in total. The van der Waals surface area contributed by atoms with E-state index in [1.165, 1.54) is 5.56 Å². The Bertz CT molecular complexity index is 1220. The number of hydrogen-bond acceptors (Lipinski definition) is 5. The summed E-state index contributed by atoms with van der Waals surface area (Å²) < 4.78 is 0. The minimum absolute atomic E-state index is 0.0103. The lowest BCUT2D eigenvalue weighted by Crippen LogP contribution is -2.57. The van der Waals surface area contributed by atoms with Crippen LogP contribution in [0, 0.1) is 0 Å². The predicted octanol–water partition coefficient (Wildman–Crippen LogP) is 2.22. The third-order valence-corrected chi connectivity index (χ3v) is 8.47. The average molecular weight is 532 g/mol. The summed E-state index contributed by atoms with van der Waals surface area (Å²) in [5.41, 5.74) is 2.00. The van der Waals surface area contributed by atoms with E-state index in [-0.39, 0.29) is 30.2 Å². The van der Waals surface area contributed by atoms with Crippen LogP contribution in [-0.2, 0) is 20.8 Å². The monoisotopic (exact) mass is 531 g/mol. The molecule has 5 rings (SSSR count). The van der Waals surface area contributed by atoms with E-state index < -0.39 is 5.54 Å². The van der Waals surface area contributed by atoms with Crippen molar-refractivity contribution in [3.8, 4) is 0 Å². The van der Waals surface area contributed by atoms with E-state index >= 15 is 0 Å². The molecule has 0 aromatic heterocycles. The number of nitrogens with zero attached hydrogens (tertiary/aromatic N) is 5. The second-order valence-electron chi connectivity index (χ2n) is 10.7. The molecule has 3 aliphatic heterocycles. The third-order valence-electron chi connectivity index (χ3n) is 8.47. The van der Waals surface area contributed by atoms with E-state index in [0.717, 1.165) is 12.1 Å². The first-order chi connectivity index (χ1) is 18.8. The van der Waals surface area contributed by atoms with Crippen LogP contribution in [0.1, 0.15) is 42.6 Å². The molecule has 2 aromatic carbocycles. The van der Waals surface area contributed by atoms with Gasteiger partial charge in [-0.2, -0.15) is 0 Å². The zero-order valence-corrected chi connectivity index (χ0v) is 22.8. The van der Waals surface area contributed by atoms with Crippen LogP contribution in [0.4, 0.5) is 5.69 Å². The summed E-state index contributed by atoms with van der Waals surface area (Å²) in [7, 11) is 0. The number of likely N-dealkylation sites (tertiary alicyclic amines) is 1. The number of piperidine rings is 1. The second kappa shape index (κ2) is 11.1. The first-order valence-corrected chi connectivity index (χ1v) is 13.9. The Hall–Kier alpha value is -3.88. The maximum Gasteiger partial charge on any atom is 0.253 e. The summed E-state index contributed by atoms with van der Waals surface area (Å²) in [6.45, 7) is 6.89. The highest BCUT2D eigenvalue weighted by molar-refractivity contribution is 5.97. The largest absolute Gasteiger partial charge is 0.339 e. The van der Waals surface area contributed by atoms with E-state index in [1.807, 2.05) is 59.5 Å². The number of carbonyl (C=O) groups excluding carboxylic acids is 4. The molecule has 0 aliphatic carbocycles. The van der Waals surface area contributed by atoms with Gasteiger partial charge in [0.15, 0.2) is 0 Å². The Kier molecular flexibility index (Phi) is 7.59. The fourth-order valence-corrected chi connectivity index (χ4v) is 6.00. The van der Waals surface area contributed by atoms with E-state index in [0.29, 0.717) is 64.3 Å². The summed E-state index contributed by atoms with van der Waals surface area (Å²) in [5.74, 6) is -0.151. The molecule has 3 heterocycles. The van der Waals surface area contributed by atoms with Crippen LogP contribution in [0.3, 0.4) is 0 Å². The van der Waals surface area contributed by atoms with Crippen molar-refractivity contribution in [2.45, 2.75) is 38.6 Å². The molecule has 2 aromatic rings. The van der Waals surface area contributed by atoms with Crippen molar-refractivity contribution in [3.05, 3.63) is 65.7 Å². The topological polar surface area (TPSA) is 84.5 Å². The summed E-state index contributed by atoms with van der Waals surface area (Å²) >= 11 is 0. The van der Waals surface area contributed by atoms with Crippen LogP contribution in [0.2, 0.25) is 0 Å². The van der Waals surface area contributed by atoms with Crippen LogP contribution in [-0.4, -0.2) is 101 Å². The van der Waals surface area contributed by atoms with Crippen molar-refractivity contribution in [3.63, 3.8) is 0 Å². The minimum atomic E-state index is -0.794. The molecule has 0 radical (unpaired) electrons. The highest BCUT2D eigenvalue weighted by Gasteiger charge is 2.54. The smallest absolute Gasteiger partial charge is 0.253 e. The molecule has 3 saturated heterocycles. The molecule has 9 nitrogen and oxygen atoms in total. The summed E-state index contributed by atoms with van der Waals surface area (Å²) in [6.07, 6.45) is 1.93. The van der Waals surface area contributed by atoms with Crippen molar-refractivity contribution in [2.24, 2.45) is 0 Å². The van der Waals surface area contributed by atoms with E-state index in [2.05, 4.69) is 11.8 Å². The van der Waals surface area contributed by atoms with Gasteiger partial charge in [0, 0.05) is 57.4 Å². The Morgan fingerprint density at radius 3 is 2.00 bits per heavy atom. The molecule has 3 fully saturated rings. The molecule has 3 aliphatic rings. The Balaban J connectivity index is 1.30. The van der Waals surface area contributed by atoms with E-state index in [9.17, 15) is 19.2 Å². The lowest BCUT2D eigenvalue weighted by atomic mass is 9.85. The number of rotatable bonds is 5. The standard InChI is InChI=1S/C30H37N5O4/c1-3-24-9-11-25(12-10-24)28(38)33-15-13-30(14-16-33)29(39)34(22-35(30)26-7-5-4-6-8-26)21-27(37)32-19-17-31(18-20-32)23(2)36/h4-12H,3,13-22H2,1-2H3. The fourth-order valence-electron chi connectivity index (χ4n) is 6.00. The Morgan fingerprint density at radius 1 is 0.795 bits per heavy atom. The van der Waals surface area contributed by atoms with Crippen LogP contribution >= 0.6 is 0 Å². The molecular weight excluding hydrogens is 494 g/mol. The van der Waals surface area contributed by atoms with Gasteiger partial charge in [-0.05, 0) is 49.1 Å². The number of hydrogen-bond donors (Lipinski definition) is 0. The van der Waals surface area contributed by atoms with E-state index in [1.54, 1.807) is 21.6 Å². The third kappa shape index (κ3) is 5.22. The molecule has 4 amide bonds. The number of aryl methyl sites for hydroxylation is 1. The fraction of sp³-hybridized carbons (Fsp3) is 0.467. The van der Waals surface area contributed by atoms with Gasteiger partial charge in [-0.15, -0.1) is 0 Å². The molecule has 9 heteroatoms. The van der Waals surface area contributed by atoms with Crippen LogP contribution in [0.5, 0.6) is 0 Å². The summed E-state index contributed by atoms with van der Waals surface area (Å²) in [6, 6.07) is 17.6. The quantitative estimate of drug-likeness (QED) is 0.591. The first kappa shape index (κ1) is 26.7. The van der Waals surface area contributed by atoms with Crippen molar-refractivity contribution in [1.29, 1.82) is 0 Å². The Labute approximate surface area is 229 Å². The SMILES string of the molecule is CCc1ccc(C(=O)N2CCC3(CC2)C(=O)N(CC(=O)N2CCN(C(C)=O)CC2)CN3c2ccccc2)cc1. The van der Waals surface area contributed by atoms with Gasteiger partial charge in [-0.3, -0.25) is 19.2 Å². The highest BCUT2D eigenvalue weighted by atomic mass is 16.2. The van der Waals surface area contributed by atoms with Gasteiger partial charge < -0.3 is 24.5 Å². The lowest BCUT2D eigenvalue weighted by Gasteiger charge is -2.43. The second-order valence-corrected chi connectivity index (χ2v) is 10.7. The molecule has 0 bridgehead atoms. The number of benzene rings is 2. The highest BCUT2D eigenvalue weighted by Crippen LogP contribution is 2.39. The molecule has 0 saturated carbocycles. The van der Waals surface area contributed by atoms with Crippen LogP contribution < -0.4 is 4.90 Å². The molecule has 39 heavy (non-hydrogen) atoms. The normalized spacial score (nSPS) is 19.1. The molecule has 0 unspecified atom stereocenters. The van der Waals surface area contributed by atoms with Gasteiger partial charge in [0.1, 0.15) is 12.1 Å². The molecule has 206 valence electrons. The predicted molar refractivity (Wildman–Crippen MR) is 148 cm³/mol. The number of amides is 4. The number of anilines is 1. The Morgan fingerprint density at radius 2 is 1.41 bits per heavy atom. The summed E-state index contributed by atoms with van der Waals surface area (Å²) in [5, 5.41) is 0. The minimum Gasteiger partial charge on any atom is -0.339 e. The van der Waals surface area contributed by atoms with Crippen molar-refractivity contribution < 1.29 is 19.2 Å². The maximum atomic E-state index is 14.0. The van der Waals surface area contributed by atoms with Gasteiger partial charge in [0.2, 0.25) is 11.8 Å². The maximum absolute atomic E-state index is 14.0. The first-order valence-electron chi connectivity index (χ1n) is 13.9. The average Bonchev–Trinajstić information content (AvgIpc) is 3.23. The number of para-hydroxylation sites is 1. The van der Waals surface area contributed by atoms with Crippen LogP contribution in [0.15, 0.2) is 54.6 Å². The lowest BCUT2D eigenvalue weighted by molar-refractivity contribution is -0.143. The van der Waals surface area contributed by atoms with E-state index in [4.69, 9.17) is 0 Å². The van der Waals surface area contributed by atoms with Crippen LogP contribution in [0.25, 0.3) is 0 Å². The molecule has 1 spiro atoms. The van der Waals surface area contributed by atoms with Crippen molar-refractivity contribution in [1.82, 2.24) is 19.6 Å². The zero-order valence-electron chi connectivity index (χ0n) is 22.8. The van der Waals surface area contributed by atoms with Gasteiger partial charge in [0.25, 0.3) is 11.8 Å². The molecular formula is C30H37N5O4.